The number of carbonyl (C=O) groups is 1. The molecule has 0 atom stereocenters. The fraction of sp³-hybridized carbons (Fsp3) is 0.929. The molecule has 16 heavy (non-hydrogen) atoms. The third-order valence-corrected chi connectivity index (χ3v) is 1.50. The van der Waals surface area contributed by atoms with Gasteiger partial charge in [0.1, 0.15) is 6.29 Å². The third kappa shape index (κ3) is 218. The molecule has 0 aromatic carbocycles. The number of unbranched alkanes of at least 4 members (excludes halogenated alkanes) is 3. The molecule has 0 saturated carbocycles. The van der Waals surface area contributed by atoms with Crippen molar-refractivity contribution in [1.29, 1.82) is 0 Å². The van der Waals surface area contributed by atoms with Crippen LogP contribution in [0.4, 0.5) is 0 Å². The van der Waals surface area contributed by atoms with E-state index in [9.17, 15) is 0 Å². The molecule has 0 aliphatic heterocycles. The van der Waals surface area contributed by atoms with E-state index < -0.39 is 0 Å². The maximum atomic E-state index is 8.81. The Morgan fingerprint density at radius 2 is 0.688 bits per heavy atom. The molecule has 0 spiro atoms. The fourth-order valence-corrected chi connectivity index (χ4v) is 0. The molecule has 4 radical (unpaired) electrons. The largest absolute Gasteiger partial charge is 0.304 e. The minimum Gasteiger partial charge on any atom is -0.304 e. The number of carbonyl (C=O) groups excluding carboxylic acids is 1. The fourth-order valence-electron chi connectivity index (χ4n) is 0. The number of hydrogen-bond acceptors (Lipinski definition) is 1. The van der Waals surface area contributed by atoms with E-state index in [1.54, 1.807) is 0 Å². The first-order valence-electron chi connectivity index (χ1n) is 6.56. The summed E-state index contributed by atoms with van der Waals surface area (Å²) in [5.41, 5.74) is 0. The topological polar surface area (TPSA) is 17.1 Å². The van der Waals surface area contributed by atoms with Gasteiger partial charge in [-0.05, 0) is 6.92 Å². The van der Waals surface area contributed by atoms with Gasteiger partial charge in [-0.2, -0.15) is 0 Å². The van der Waals surface area contributed by atoms with Crippen LogP contribution in [0.2, 0.25) is 0 Å². The van der Waals surface area contributed by atoms with E-state index >= 15 is 0 Å². The molecule has 0 aliphatic rings. The van der Waals surface area contributed by atoms with Crippen LogP contribution in [0.25, 0.3) is 0 Å². The Labute approximate surface area is 122 Å². The van der Waals surface area contributed by atoms with Gasteiger partial charge in [-0.15, -0.1) is 0 Å². The Bertz CT molecular complexity index is 50.2. The van der Waals surface area contributed by atoms with E-state index in [4.69, 9.17) is 4.79 Å². The van der Waals surface area contributed by atoms with Crippen molar-refractivity contribution in [2.24, 2.45) is 0 Å². The van der Waals surface area contributed by atoms with E-state index in [1.807, 2.05) is 0 Å². The van der Waals surface area contributed by atoms with Gasteiger partial charge in [-0.25, -0.2) is 0 Å². The molecule has 0 bridgehead atoms. The molecule has 0 aromatic heterocycles. The summed E-state index contributed by atoms with van der Waals surface area (Å²) in [6.07, 6.45) is 8.67. The second-order valence-electron chi connectivity index (χ2n) is 3.24. The van der Waals surface area contributed by atoms with Gasteiger partial charge in [0.15, 0.2) is 0 Å². The summed E-state index contributed by atoms with van der Waals surface area (Å²) in [5.74, 6) is 0. The molecule has 0 aliphatic carbocycles. The second kappa shape index (κ2) is 58.1. The van der Waals surface area contributed by atoms with Gasteiger partial charge < -0.3 is 4.79 Å². The molecule has 0 aromatic rings. The third-order valence-electron chi connectivity index (χ3n) is 1.50. The first-order valence-corrected chi connectivity index (χ1v) is 6.56. The zero-order chi connectivity index (χ0) is 12.9. The first-order chi connectivity index (χ1) is 7.16. The van der Waals surface area contributed by atoms with Crippen LogP contribution in [0.5, 0.6) is 0 Å². The van der Waals surface area contributed by atoms with Gasteiger partial charge in [0.25, 0.3) is 0 Å². The number of hydrogen-bond donors (Lipinski definition) is 0. The Morgan fingerprint density at radius 3 is 0.688 bits per heavy atom. The van der Waals surface area contributed by atoms with E-state index in [2.05, 4.69) is 41.5 Å². The summed E-state index contributed by atoms with van der Waals surface area (Å²) < 4.78 is 0. The van der Waals surface area contributed by atoms with Crippen LogP contribution in [0.1, 0.15) is 87.0 Å². The van der Waals surface area contributed by atoms with Gasteiger partial charge in [-0.3, -0.25) is 0 Å². The molecular formula is C14H34OSn. The Hall–Kier alpha value is 0.469. The summed E-state index contributed by atoms with van der Waals surface area (Å²) in [5, 5.41) is 0. The van der Waals surface area contributed by atoms with Crippen molar-refractivity contribution >= 4 is 30.2 Å². The zero-order valence-electron chi connectivity index (χ0n) is 12.7. The zero-order valence-corrected chi connectivity index (χ0v) is 15.6. The van der Waals surface area contributed by atoms with E-state index in [0.717, 1.165) is 6.29 Å². The Balaban J connectivity index is -0.0000000331. The van der Waals surface area contributed by atoms with Gasteiger partial charge in [0.2, 0.25) is 0 Å². The molecule has 0 heterocycles. The minimum atomic E-state index is 0. The van der Waals surface area contributed by atoms with Crippen LogP contribution in [0, 0.1) is 0 Å². The summed E-state index contributed by atoms with van der Waals surface area (Å²) in [6.45, 7) is 14.5. The monoisotopic (exact) mass is 338 g/mol. The van der Waals surface area contributed by atoms with Crippen molar-refractivity contribution in [2.75, 3.05) is 0 Å². The van der Waals surface area contributed by atoms with Crippen molar-refractivity contribution in [3.05, 3.63) is 0 Å². The van der Waals surface area contributed by atoms with Crippen molar-refractivity contribution in [3.8, 4) is 0 Å². The summed E-state index contributed by atoms with van der Waals surface area (Å²) >= 11 is 0. The standard InChI is InChI=1S/3C4H10.C2H4O.Sn/c3*1-3-4-2;1-2-3;/h3*3-4H2,1-2H3;2H,1H3;. The molecule has 0 rings (SSSR count). The van der Waals surface area contributed by atoms with Gasteiger partial charge >= 0.3 is 0 Å². The first kappa shape index (κ1) is 30.0. The van der Waals surface area contributed by atoms with Gasteiger partial charge in [0.05, 0.1) is 0 Å². The van der Waals surface area contributed by atoms with Crippen LogP contribution in [-0.2, 0) is 4.79 Å². The van der Waals surface area contributed by atoms with Crippen LogP contribution in [0.15, 0.2) is 0 Å². The minimum absolute atomic E-state index is 0. The average Bonchev–Trinajstić information content (AvgIpc) is 2.30. The molecule has 2 heteroatoms. The maximum Gasteiger partial charge on any atom is 0.116 e. The Kier molecular flexibility index (Phi) is 109. The summed E-state index contributed by atoms with van der Waals surface area (Å²) in [7, 11) is 0. The maximum absolute atomic E-state index is 8.81. The van der Waals surface area contributed by atoms with Gasteiger partial charge in [0, 0.05) is 23.9 Å². The average molecular weight is 337 g/mol. The summed E-state index contributed by atoms with van der Waals surface area (Å²) in [4.78, 5) is 8.81. The summed E-state index contributed by atoms with van der Waals surface area (Å²) in [6, 6.07) is 0. The normalized spacial score (nSPS) is 6.44. The molecule has 0 unspecified atom stereocenters. The second-order valence-corrected chi connectivity index (χ2v) is 3.24. The van der Waals surface area contributed by atoms with Crippen LogP contribution < -0.4 is 0 Å². The predicted octanol–water partition coefficient (Wildman–Crippen LogP) is 5.24. The van der Waals surface area contributed by atoms with E-state index in [1.165, 1.54) is 45.4 Å². The smallest absolute Gasteiger partial charge is 0.116 e. The van der Waals surface area contributed by atoms with Crippen molar-refractivity contribution in [3.63, 3.8) is 0 Å². The molecule has 0 N–H and O–H groups in total. The van der Waals surface area contributed by atoms with Crippen molar-refractivity contribution in [2.45, 2.75) is 87.0 Å². The number of rotatable bonds is 3. The van der Waals surface area contributed by atoms with E-state index in [0.29, 0.717) is 0 Å². The Morgan fingerprint density at radius 1 is 0.625 bits per heavy atom. The molecular weight excluding hydrogens is 303 g/mol. The van der Waals surface area contributed by atoms with Crippen molar-refractivity contribution < 1.29 is 4.79 Å². The predicted molar refractivity (Wildman–Crippen MR) is 79.2 cm³/mol. The van der Waals surface area contributed by atoms with E-state index in [-0.39, 0.29) is 23.9 Å². The molecule has 0 amide bonds. The van der Waals surface area contributed by atoms with Crippen molar-refractivity contribution in [1.82, 2.24) is 0 Å². The SMILES string of the molecule is CC=O.CCCC.CCCC.CCCC.[Sn]. The molecule has 1 nitrogen and oxygen atoms in total. The molecule has 100 valence electrons. The van der Waals surface area contributed by atoms with Crippen LogP contribution >= 0.6 is 0 Å². The molecule has 0 saturated heterocycles. The van der Waals surface area contributed by atoms with Gasteiger partial charge in [-0.1, -0.05) is 80.1 Å². The quantitative estimate of drug-likeness (QED) is 0.508. The molecule has 0 fully saturated rings. The van der Waals surface area contributed by atoms with Crippen LogP contribution in [0.3, 0.4) is 0 Å². The van der Waals surface area contributed by atoms with Crippen LogP contribution in [-0.4, -0.2) is 30.2 Å². The number of aldehydes is 1.